The van der Waals surface area contributed by atoms with Crippen molar-refractivity contribution in [3.8, 4) is 5.75 Å². The predicted molar refractivity (Wildman–Crippen MR) is 75.0 cm³/mol. The number of methoxy groups -OCH3 is 1. The number of nitrogen functional groups attached to an aromatic ring is 1. The van der Waals surface area contributed by atoms with E-state index in [1.807, 2.05) is 0 Å². The fraction of sp³-hybridized carbons (Fsp3) is 0.0667. The van der Waals surface area contributed by atoms with Crippen LogP contribution in [0.2, 0.25) is 0 Å². The van der Waals surface area contributed by atoms with Crippen LogP contribution in [0.3, 0.4) is 0 Å². The Morgan fingerprint density at radius 1 is 1.00 bits per heavy atom. The minimum atomic E-state index is -0.370. The summed E-state index contributed by atoms with van der Waals surface area (Å²) in [4.78, 5) is 25.8. The van der Waals surface area contributed by atoms with E-state index in [1.165, 1.54) is 13.2 Å². The van der Waals surface area contributed by atoms with Gasteiger partial charge in [-0.1, -0.05) is 6.07 Å². The first-order chi connectivity index (χ1) is 9.61. The summed E-state index contributed by atoms with van der Waals surface area (Å²) in [6.45, 7) is 0. The smallest absolute Gasteiger partial charge is 0.266 e. The number of nitrogens with zero attached hydrogens (tertiary/aromatic N) is 1. The Balaban J connectivity index is 2.09. The third kappa shape index (κ3) is 1.72. The molecule has 0 atom stereocenters. The number of benzene rings is 2. The highest BCUT2D eigenvalue weighted by molar-refractivity contribution is 6.34. The predicted octanol–water partition coefficient (Wildman–Crippen LogP) is 2.08. The monoisotopic (exact) mass is 268 g/mol. The van der Waals surface area contributed by atoms with Crippen molar-refractivity contribution in [2.45, 2.75) is 0 Å². The first-order valence-electron chi connectivity index (χ1n) is 6.04. The number of anilines is 2. The highest BCUT2D eigenvalue weighted by Gasteiger charge is 2.36. The fourth-order valence-corrected chi connectivity index (χ4v) is 2.24. The van der Waals surface area contributed by atoms with E-state index >= 15 is 0 Å². The fourth-order valence-electron chi connectivity index (χ4n) is 2.24. The molecule has 5 heteroatoms. The van der Waals surface area contributed by atoms with Crippen LogP contribution in [-0.4, -0.2) is 18.9 Å². The van der Waals surface area contributed by atoms with Gasteiger partial charge in [-0.05, 0) is 30.3 Å². The van der Waals surface area contributed by atoms with Crippen LogP contribution < -0.4 is 15.4 Å². The van der Waals surface area contributed by atoms with E-state index in [-0.39, 0.29) is 11.8 Å². The number of nitrogens with two attached hydrogens (primary N) is 1. The maximum Gasteiger partial charge on any atom is 0.266 e. The minimum Gasteiger partial charge on any atom is -0.497 e. The molecule has 0 saturated heterocycles. The normalized spacial score (nSPS) is 13.6. The lowest BCUT2D eigenvalue weighted by Crippen LogP contribution is -2.29. The van der Waals surface area contributed by atoms with Crippen molar-refractivity contribution in [3.05, 3.63) is 53.6 Å². The van der Waals surface area contributed by atoms with Gasteiger partial charge >= 0.3 is 0 Å². The number of rotatable bonds is 2. The van der Waals surface area contributed by atoms with Crippen molar-refractivity contribution in [1.82, 2.24) is 0 Å². The van der Waals surface area contributed by atoms with Crippen LogP contribution in [0.25, 0.3) is 0 Å². The third-order valence-corrected chi connectivity index (χ3v) is 3.22. The van der Waals surface area contributed by atoms with Crippen molar-refractivity contribution in [2.24, 2.45) is 0 Å². The summed E-state index contributed by atoms with van der Waals surface area (Å²) in [7, 11) is 1.53. The van der Waals surface area contributed by atoms with Crippen molar-refractivity contribution in [2.75, 3.05) is 17.7 Å². The molecule has 0 aromatic heterocycles. The molecular weight excluding hydrogens is 256 g/mol. The highest BCUT2D eigenvalue weighted by Crippen LogP contribution is 2.31. The number of amides is 2. The van der Waals surface area contributed by atoms with Gasteiger partial charge in [0, 0.05) is 11.8 Å². The van der Waals surface area contributed by atoms with Gasteiger partial charge in [0.1, 0.15) is 5.75 Å². The zero-order chi connectivity index (χ0) is 14.3. The highest BCUT2D eigenvalue weighted by atomic mass is 16.5. The van der Waals surface area contributed by atoms with E-state index in [9.17, 15) is 9.59 Å². The van der Waals surface area contributed by atoms with Gasteiger partial charge < -0.3 is 10.5 Å². The van der Waals surface area contributed by atoms with Crippen LogP contribution in [0.5, 0.6) is 5.75 Å². The third-order valence-electron chi connectivity index (χ3n) is 3.22. The van der Waals surface area contributed by atoms with Gasteiger partial charge in [-0.2, -0.15) is 0 Å². The maximum atomic E-state index is 12.4. The number of carbonyl (C=O) groups excluding carboxylic acids is 2. The summed E-state index contributed by atoms with van der Waals surface area (Å²) in [5.41, 5.74) is 7.30. The second-order valence-corrected chi connectivity index (χ2v) is 4.45. The van der Waals surface area contributed by atoms with Gasteiger partial charge in [-0.15, -0.1) is 0 Å². The number of carbonyl (C=O) groups is 2. The molecule has 1 aliphatic heterocycles. The molecule has 0 saturated carbocycles. The Hall–Kier alpha value is -2.82. The summed E-state index contributed by atoms with van der Waals surface area (Å²) in [5, 5.41) is 0. The lowest BCUT2D eigenvalue weighted by Gasteiger charge is -2.14. The average Bonchev–Trinajstić information content (AvgIpc) is 2.70. The first kappa shape index (κ1) is 12.2. The summed E-state index contributed by atoms with van der Waals surface area (Å²) in [6.07, 6.45) is 0. The molecule has 0 bridgehead atoms. The molecule has 2 N–H and O–H groups in total. The Morgan fingerprint density at radius 3 is 2.50 bits per heavy atom. The molecule has 0 radical (unpaired) electrons. The second kappa shape index (κ2) is 4.38. The molecule has 1 aliphatic rings. The summed E-state index contributed by atoms with van der Waals surface area (Å²) in [5.74, 6) is -0.137. The lowest BCUT2D eigenvalue weighted by molar-refractivity contribution is 0.0926. The zero-order valence-corrected chi connectivity index (χ0v) is 10.8. The largest absolute Gasteiger partial charge is 0.497 e. The molecule has 2 amide bonds. The van der Waals surface area contributed by atoms with Crippen LogP contribution in [0, 0.1) is 0 Å². The molecule has 2 aromatic rings. The maximum absolute atomic E-state index is 12.4. The lowest BCUT2D eigenvalue weighted by atomic mass is 10.1. The van der Waals surface area contributed by atoms with E-state index in [0.717, 1.165) is 4.90 Å². The zero-order valence-electron chi connectivity index (χ0n) is 10.8. The standard InChI is InChI=1S/C15H12N2O3/c1-20-11-4-2-3-10(8-11)17-14(18)12-6-5-9(16)7-13(12)15(17)19/h2-8H,16H2,1H3. The van der Waals surface area contributed by atoms with E-state index in [4.69, 9.17) is 10.5 Å². The average molecular weight is 268 g/mol. The van der Waals surface area contributed by atoms with Gasteiger partial charge in [-0.3, -0.25) is 9.59 Å². The van der Waals surface area contributed by atoms with Crippen LogP contribution >= 0.6 is 0 Å². The van der Waals surface area contributed by atoms with Gasteiger partial charge in [0.25, 0.3) is 11.8 Å². The summed E-state index contributed by atoms with van der Waals surface area (Å²) < 4.78 is 5.11. The molecule has 0 unspecified atom stereocenters. The van der Waals surface area contributed by atoms with Crippen molar-refractivity contribution >= 4 is 23.2 Å². The van der Waals surface area contributed by atoms with Crippen molar-refractivity contribution < 1.29 is 14.3 Å². The second-order valence-electron chi connectivity index (χ2n) is 4.45. The molecule has 3 rings (SSSR count). The molecular formula is C15H12N2O3. The first-order valence-corrected chi connectivity index (χ1v) is 6.04. The van der Waals surface area contributed by atoms with Gasteiger partial charge in [0.05, 0.1) is 23.9 Å². The number of hydrogen-bond acceptors (Lipinski definition) is 4. The van der Waals surface area contributed by atoms with Gasteiger partial charge in [-0.25, -0.2) is 4.90 Å². The molecule has 2 aromatic carbocycles. The van der Waals surface area contributed by atoms with Crippen LogP contribution in [0.1, 0.15) is 20.7 Å². The topological polar surface area (TPSA) is 72.6 Å². The number of hydrogen-bond donors (Lipinski definition) is 1. The quantitative estimate of drug-likeness (QED) is 0.668. The van der Waals surface area contributed by atoms with Gasteiger partial charge in [0.15, 0.2) is 0 Å². The molecule has 5 nitrogen and oxygen atoms in total. The van der Waals surface area contributed by atoms with Crippen LogP contribution in [0.4, 0.5) is 11.4 Å². The van der Waals surface area contributed by atoms with Crippen molar-refractivity contribution in [1.29, 1.82) is 0 Å². The molecule has 100 valence electrons. The molecule has 0 aliphatic carbocycles. The summed E-state index contributed by atoms with van der Waals surface area (Å²) in [6, 6.07) is 11.5. The Bertz CT molecular complexity index is 725. The van der Waals surface area contributed by atoms with E-state index in [1.54, 1.807) is 36.4 Å². The molecule has 0 spiro atoms. The van der Waals surface area contributed by atoms with Gasteiger partial charge in [0.2, 0.25) is 0 Å². The Morgan fingerprint density at radius 2 is 1.75 bits per heavy atom. The molecule has 20 heavy (non-hydrogen) atoms. The Kier molecular flexibility index (Phi) is 2.68. The van der Waals surface area contributed by atoms with Crippen LogP contribution in [-0.2, 0) is 0 Å². The minimum absolute atomic E-state index is 0.331. The number of ether oxygens (including phenoxy) is 1. The van der Waals surface area contributed by atoms with E-state index in [2.05, 4.69) is 0 Å². The van der Waals surface area contributed by atoms with Crippen molar-refractivity contribution in [3.63, 3.8) is 0 Å². The summed E-state index contributed by atoms with van der Waals surface area (Å²) >= 11 is 0. The van der Waals surface area contributed by atoms with Crippen LogP contribution in [0.15, 0.2) is 42.5 Å². The molecule has 1 heterocycles. The van der Waals surface area contributed by atoms with E-state index in [0.29, 0.717) is 28.3 Å². The number of imide groups is 1. The van der Waals surface area contributed by atoms with E-state index < -0.39 is 0 Å². The number of fused-ring (bicyclic) bond motifs is 1. The molecule has 0 fully saturated rings. The SMILES string of the molecule is COc1cccc(N2C(=O)c3ccc(N)cc3C2=O)c1. The Labute approximate surface area is 115 Å².